The number of nitrogens with zero attached hydrogens (tertiary/aromatic N) is 3. The number of rotatable bonds is 4. The van der Waals surface area contributed by atoms with Gasteiger partial charge >= 0.3 is 0 Å². The highest BCUT2D eigenvalue weighted by Gasteiger charge is 2.14. The normalized spacial score (nSPS) is 10.7. The van der Waals surface area contributed by atoms with Gasteiger partial charge in [0.2, 0.25) is 5.88 Å². The average Bonchev–Trinajstić information content (AvgIpc) is 2.75. The van der Waals surface area contributed by atoms with Crippen molar-refractivity contribution >= 4 is 23.2 Å². The number of methoxy groups -OCH3 is 1. The maximum atomic E-state index is 6.06. The molecule has 0 aliphatic carbocycles. The molecule has 0 unspecified atom stereocenters. The van der Waals surface area contributed by atoms with Gasteiger partial charge in [0, 0.05) is 39.0 Å². The minimum atomic E-state index is 0.549. The summed E-state index contributed by atoms with van der Waals surface area (Å²) in [6.45, 7) is 0. The second-order valence-corrected chi connectivity index (χ2v) is 6.93. The molecule has 0 aliphatic heterocycles. The third-order valence-electron chi connectivity index (χ3n) is 4.25. The maximum Gasteiger partial charge on any atom is 0.212 e. The Balaban J connectivity index is 1.86. The van der Waals surface area contributed by atoms with Gasteiger partial charge < -0.3 is 4.74 Å². The highest BCUT2D eigenvalue weighted by molar-refractivity contribution is 6.31. The molecule has 4 nitrogen and oxygen atoms in total. The van der Waals surface area contributed by atoms with Gasteiger partial charge in [-0.05, 0) is 30.3 Å². The van der Waals surface area contributed by atoms with Gasteiger partial charge in [0.25, 0.3) is 0 Å². The molecule has 4 rings (SSSR count). The molecule has 0 atom stereocenters. The molecule has 0 fully saturated rings. The van der Waals surface area contributed by atoms with Gasteiger partial charge in [-0.25, -0.2) is 9.97 Å². The largest absolute Gasteiger partial charge is 0.481 e. The maximum absolute atomic E-state index is 6.06. The molecule has 0 saturated carbocycles. The highest BCUT2D eigenvalue weighted by atomic mass is 35.5. The number of hydrogen-bond acceptors (Lipinski definition) is 4. The first kappa shape index (κ1) is 18.4. The van der Waals surface area contributed by atoms with E-state index in [1.807, 2.05) is 54.6 Å². The molecule has 28 heavy (non-hydrogen) atoms. The van der Waals surface area contributed by atoms with E-state index in [0.717, 1.165) is 33.8 Å². The quantitative estimate of drug-likeness (QED) is 0.404. The van der Waals surface area contributed by atoms with Crippen LogP contribution < -0.4 is 4.74 Å². The molecule has 0 N–H and O–H groups in total. The molecule has 6 heteroatoms. The minimum absolute atomic E-state index is 0.549. The van der Waals surface area contributed by atoms with E-state index in [4.69, 9.17) is 37.9 Å². The van der Waals surface area contributed by atoms with Gasteiger partial charge in [-0.2, -0.15) is 0 Å². The van der Waals surface area contributed by atoms with E-state index in [-0.39, 0.29) is 0 Å². The Morgan fingerprint density at radius 2 is 1.21 bits per heavy atom. The van der Waals surface area contributed by atoms with Crippen LogP contribution in [0.2, 0.25) is 10.0 Å². The van der Waals surface area contributed by atoms with Gasteiger partial charge in [-0.15, -0.1) is 0 Å². The van der Waals surface area contributed by atoms with Crippen molar-refractivity contribution in [1.82, 2.24) is 15.0 Å². The molecule has 0 saturated heterocycles. The van der Waals surface area contributed by atoms with Crippen LogP contribution in [0, 0.1) is 0 Å². The van der Waals surface area contributed by atoms with Crippen LogP contribution in [0.25, 0.3) is 33.8 Å². The van der Waals surface area contributed by atoms with E-state index < -0.39 is 0 Å². The van der Waals surface area contributed by atoms with Crippen molar-refractivity contribution in [2.75, 3.05) is 7.11 Å². The molecule has 0 aliphatic rings. The topological polar surface area (TPSA) is 47.9 Å². The number of benzene rings is 2. The Bertz CT molecular complexity index is 1100. The van der Waals surface area contributed by atoms with Crippen molar-refractivity contribution in [1.29, 1.82) is 0 Å². The first-order valence-corrected chi connectivity index (χ1v) is 9.29. The van der Waals surface area contributed by atoms with Crippen molar-refractivity contribution in [2.24, 2.45) is 0 Å². The number of ether oxygens (including phenoxy) is 1. The van der Waals surface area contributed by atoms with Gasteiger partial charge in [-0.1, -0.05) is 47.5 Å². The monoisotopic (exact) mass is 407 g/mol. The fourth-order valence-electron chi connectivity index (χ4n) is 2.81. The van der Waals surface area contributed by atoms with Crippen molar-refractivity contribution in [3.63, 3.8) is 0 Å². The molecule has 2 heterocycles. The lowest BCUT2D eigenvalue weighted by Gasteiger charge is -2.11. The molecule has 0 amide bonds. The summed E-state index contributed by atoms with van der Waals surface area (Å²) in [5.74, 6) is 0.549. The Morgan fingerprint density at radius 3 is 1.75 bits per heavy atom. The van der Waals surface area contributed by atoms with E-state index in [9.17, 15) is 0 Å². The molecule has 2 aromatic heterocycles. The summed E-state index contributed by atoms with van der Waals surface area (Å²) in [7, 11) is 1.58. The minimum Gasteiger partial charge on any atom is -0.481 e. The summed E-state index contributed by atoms with van der Waals surface area (Å²) >= 11 is 12.1. The standard InChI is InChI=1S/C22H15Cl2N3O/c1-28-20-11-6-16(12-25-20)19-13-26-21(14-2-7-17(23)8-3-14)22(27-19)15-4-9-18(24)10-5-15/h2-13H,1H3. The van der Waals surface area contributed by atoms with Gasteiger partial charge in [0.1, 0.15) is 0 Å². The van der Waals surface area contributed by atoms with E-state index in [1.165, 1.54) is 0 Å². The first-order chi connectivity index (χ1) is 13.6. The molecular formula is C22H15Cl2N3O. The molecule has 2 aromatic carbocycles. The Hall–Kier alpha value is -2.95. The van der Waals surface area contributed by atoms with Crippen molar-refractivity contribution < 1.29 is 4.74 Å². The molecule has 4 aromatic rings. The summed E-state index contributed by atoms with van der Waals surface area (Å²) < 4.78 is 5.13. The number of hydrogen-bond donors (Lipinski definition) is 0. The number of aromatic nitrogens is 3. The number of pyridine rings is 1. The van der Waals surface area contributed by atoms with Crippen LogP contribution in [-0.4, -0.2) is 22.1 Å². The smallest absolute Gasteiger partial charge is 0.212 e. The Labute approximate surface area is 172 Å². The summed E-state index contributed by atoms with van der Waals surface area (Å²) in [4.78, 5) is 13.8. The van der Waals surface area contributed by atoms with Crippen molar-refractivity contribution in [3.05, 3.63) is 83.1 Å². The second-order valence-electron chi connectivity index (χ2n) is 6.06. The lowest BCUT2D eigenvalue weighted by molar-refractivity contribution is 0.398. The molecular weight excluding hydrogens is 393 g/mol. The summed E-state index contributed by atoms with van der Waals surface area (Å²) in [5.41, 5.74) is 4.95. The Kier molecular flexibility index (Phi) is 5.24. The van der Waals surface area contributed by atoms with Gasteiger partial charge in [-0.3, -0.25) is 4.98 Å². The van der Waals surface area contributed by atoms with Crippen LogP contribution in [0.1, 0.15) is 0 Å². The highest BCUT2D eigenvalue weighted by Crippen LogP contribution is 2.32. The fraction of sp³-hybridized carbons (Fsp3) is 0.0455. The van der Waals surface area contributed by atoms with Crippen LogP contribution in [0.15, 0.2) is 73.1 Å². The second kappa shape index (κ2) is 7.97. The third-order valence-corrected chi connectivity index (χ3v) is 4.75. The molecule has 0 radical (unpaired) electrons. The summed E-state index contributed by atoms with van der Waals surface area (Å²) in [6.07, 6.45) is 3.46. The van der Waals surface area contributed by atoms with Crippen molar-refractivity contribution in [2.45, 2.75) is 0 Å². The van der Waals surface area contributed by atoms with E-state index >= 15 is 0 Å². The predicted octanol–water partition coefficient (Wildman–Crippen LogP) is 6.19. The Morgan fingerprint density at radius 1 is 0.643 bits per heavy atom. The lowest BCUT2D eigenvalue weighted by Crippen LogP contribution is -1.96. The fourth-order valence-corrected chi connectivity index (χ4v) is 3.06. The van der Waals surface area contributed by atoms with Crippen LogP contribution in [0.4, 0.5) is 0 Å². The van der Waals surface area contributed by atoms with Gasteiger partial charge in [0.15, 0.2) is 0 Å². The first-order valence-electron chi connectivity index (χ1n) is 8.53. The third kappa shape index (κ3) is 3.84. The zero-order chi connectivity index (χ0) is 19.5. The van der Waals surface area contributed by atoms with E-state index in [1.54, 1.807) is 25.6 Å². The number of halogens is 2. The predicted molar refractivity (Wildman–Crippen MR) is 113 cm³/mol. The van der Waals surface area contributed by atoms with Gasteiger partial charge in [0.05, 0.1) is 30.4 Å². The molecule has 138 valence electrons. The average molecular weight is 408 g/mol. The zero-order valence-corrected chi connectivity index (χ0v) is 16.4. The molecule has 0 bridgehead atoms. The van der Waals surface area contributed by atoms with Crippen LogP contribution in [-0.2, 0) is 0 Å². The summed E-state index contributed by atoms with van der Waals surface area (Å²) in [5, 5.41) is 1.34. The van der Waals surface area contributed by atoms with Crippen LogP contribution >= 0.6 is 23.2 Å². The summed E-state index contributed by atoms with van der Waals surface area (Å²) in [6, 6.07) is 18.8. The van der Waals surface area contributed by atoms with Crippen LogP contribution in [0.5, 0.6) is 5.88 Å². The van der Waals surface area contributed by atoms with Crippen LogP contribution in [0.3, 0.4) is 0 Å². The van der Waals surface area contributed by atoms with E-state index in [2.05, 4.69) is 4.98 Å². The zero-order valence-electron chi connectivity index (χ0n) is 14.9. The SMILES string of the molecule is COc1ccc(-c2cnc(-c3ccc(Cl)cc3)c(-c3ccc(Cl)cc3)n2)cn1. The lowest BCUT2D eigenvalue weighted by atomic mass is 10.0. The van der Waals surface area contributed by atoms with Crippen molar-refractivity contribution in [3.8, 4) is 39.7 Å². The molecule has 0 spiro atoms. The van der Waals surface area contributed by atoms with E-state index in [0.29, 0.717) is 15.9 Å².